The molecule has 3 atom stereocenters. The summed E-state index contributed by atoms with van der Waals surface area (Å²) in [4.78, 5) is 12.4. The smallest absolute Gasteiger partial charge is 0.248 e. The van der Waals surface area contributed by atoms with Crippen LogP contribution < -0.4 is 0 Å². The van der Waals surface area contributed by atoms with Crippen LogP contribution in [0.5, 0.6) is 0 Å². The van der Waals surface area contributed by atoms with Crippen LogP contribution in [0.1, 0.15) is 25.8 Å². The number of ether oxygens (including phenoxy) is 1. The van der Waals surface area contributed by atoms with Gasteiger partial charge in [0.2, 0.25) is 5.91 Å². The molecule has 0 saturated carbocycles. The molecule has 1 heterocycles. The van der Waals surface area contributed by atoms with Crippen LogP contribution in [0.3, 0.4) is 0 Å². The molecule has 1 aliphatic heterocycles. The Hall–Kier alpha value is -1.68. The van der Waals surface area contributed by atoms with Gasteiger partial charge in [-0.1, -0.05) is 50.6 Å². The van der Waals surface area contributed by atoms with Crippen molar-refractivity contribution in [2.45, 2.75) is 26.4 Å². The van der Waals surface area contributed by atoms with Crippen LogP contribution in [-0.4, -0.2) is 36.9 Å². The second kappa shape index (κ2) is 6.18. The van der Waals surface area contributed by atoms with E-state index in [0.717, 1.165) is 17.7 Å². The molecular formula is C16H22N2O2. The molecule has 0 spiro atoms. The number of benzene rings is 1. The third-order valence-corrected chi connectivity index (χ3v) is 4.04. The minimum Gasteiger partial charge on any atom is -0.374 e. The van der Waals surface area contributed by atoms with E-state index >= 15 is 0 Å². The third-order valence-electron chi connectivity index (χ3n) is 4.04. The zero-order valence-electron chi connectivity index (χ0n) is 12.5. The highest BCUT2D eigenvalue weighted by Gasteiger charge is 2.41. The van der Waals surface area contributed by atoms with E-state index in [9.17, 15) is 4.79 Å². The van der Waals surface area contributed by atoms with Crippen molar-refractivity contribution in [1.29, 1.82) is 0 Å². The van der Waals surface area contributed by atoms with Crippen LogP contribution in [-0.2, 0) is 9.53 Å². The first-order chi connectivity index (χ1) is 9.60. The molecule has 0 bridgehead atoms. The highest BCUT2D eigenvalue weighted by atomic mass is 16.5. The van der Waals surface area contributed by atoms with E-state index in [2.05, 4.69) is 18.9 Å². The molecule has 20 heavy (non-hydrogen) atoms. The molecule has 1 aromatic carbocycles. The van der Waals surface area contributed by atoms with Crippen LogP contribution in [0.4, 0.5) is 0 Å². The number of hydrogen-bond acceptors (Lipinski definition) is 3. The van der Waals surface area contributed by atoms with Gasteiger partial charge in [0.05, 0.1) is 11.6 Å². The Balaban J connectivity index is 2.45. The lowest BCUT2D eigenvalue weighted by Crippen LogP contribution is -2.49. The zero-order valence-corrected chi connectivity index (χ0v) is 12.5. The summed E-state index contributed by atoms with van der Waals surface area (Å²) in [5.41, 5.74) is 1.84. The van der Waals surface area contributed by atoms with Gasteiger partial charge in [-0.05, 0) is 5.92 Å². The van der Waals surface area contributed by atoms with Gasteiger partial charge in [0.1, 0.15) is 6.10 Å². The van der Waals surface area contributed by atoms with Gasteiger partial charge in [-0.25, -0.2) is 5.01 Å². The summed E-state index contributed by atoms with van der Waals surface area (Å²) in [6, 6.07) is 9.92. The summed E-state index contributed by atoms with van der Waals surface area (Å²) in [5.74, 6) is 0.109. The lowest BCUT2D eigenvalue weighted by Gasteiger charge is -2.36. The molecule has 0 aromatic heterocycles. The first kappa shape index (κ1) is 14.7. The lowest BCUT2D eigenvalue weighted by molar-refractivity contribution is -0.141. The summed E-state index contributed by atoms with van der Waals surface area (Å²) in [7, 11) is 3.36. The Morgan fingerprint density at radius 3 is 2.55 bits per heavy atom. The fraction of sp³-hybridized carbons (Fsp3) is 0.500. The number of methoxy groups -OCH3 is 1. The Morgan fingerprint density at radius 1 is 1.35 bits per heavy atom. The molecule has 0 N–H and O–H groups in total. The maximum atomic E-state index is 12.4. The number of carbonyl (C=O) groups excluding carboxylic acids is 1. The largest absolute Gasteiger partial charge is 0.374 e. The number of hydrazone groups is 1. The van der Waals surface area contributed by atoms with E-state index in [1.165, 1.54) is 5.01 Å². The first-order valence-corrected chi connectivity index (χ1v) is 7.04. The Morgan fingerprint density at radius 2 is 2.00 bits per heavy atom. The fourth-order valence-electron chi connectivity index (χ4n) is 2.67. The van der Waals surface area contributed by atoms with Gasteiger partial charge in [-0.15, -0.1) is 0 Å². The van der Waals surface area contributed by atoms with Gasteiger partial charge in [0, 0.05) is 19.7 Å². The Labute approximate surface area is 120 Å². The minimum absolute atomic E-state index is 0.0332. The summed E-state index contributed by atoms with van der Waals surface area (Å²) in [6.07, 6.45) is 0.655. The Kier molecular flexibility index (Phi) is 4.55. The molecular weight excluding hydrogens is 252 g/mol. The normalized spacial score (nSPS) is 24.5. The second-order valence-electron chi connectivity index (χ2n) is 5.28. The number of amides is 1. The molecule has 1 amide bonds. The van der Waals surface area contributed by atoms with Crippen molar-refractivity contribution >= 4 is 11.6 Å². The van der Waals surface area contributed by atoms with Crippen molar-refractivity contribution in [3.05, 3.63) is 35.9 Å². The van der Waals surface area contributed by atoms with Gasteiger partial charge in [0.25, 0.3) is 0 Å². The molecule has 0 radical (unpaired) electrons. The van der Waals surface area contributed by atoms with E-state index in [-0.39, 0.29) is 23.8 Å². The highest BCUT2D eigenvalue weighted by Crippen LogP contribution is 2.29. The fourth-order valence-corrected chi connectivity index (χ4v) is 2.67. The van der Waals surface area contributed by atoms with Crippen molar-refractivity contribution in [3.63, 3.8) is 0 Å². The summed E-state index contributed by atoms with van der Waals surface area (Å²) in [6.45, 7) is 4.19. The molecule has 4 nitrogen and oxygen atoms in total. The average Bonchev–Trinajstić information content (AvgIpc) is 2.49. The molecule has 2 rings (SSSR count). The van der Waals surface area contributed by atoms with Crippen LogP contribution >= 0.6 is 0 Å². The van der Waals surface area contributed by atoms with Gasteiger partial charge >= 0.3 is 0 Å². The summed E-state index contributed by atoms with van der Waals surface area (Å²) >= 11 is 0. The van der Waals surface area contributed by atoms with Crippen LogP contribution in [0.15, 0.2) is 35.4 Å². The predicted molar refractivity (Wildman–Crippen MR) is 79.5 cm³/mol. The third kappa shape index (κ3) is 2.61. The molecule has 4 heteroatoms. The second-order valence-corrected chi connectivity index (χ2v) is 5.28. The SMILES string of the molecule is CCC(C)C1C(=O)N(C)N=C(c2ccccc2)C1OC. The summed E-state index contributed by atoms with van der Waals surface area (Å²) in [5, 5.41) is 5.88. The quantitative estimate of drug-likeness (QED) is 0.846. The molecule has 108 valence electrons. The van der Waals surface area contributed by atoms with Gasteiger partial charge in [-0.3, -0.25) is 4.79 Å². The first-order valence-electron chi connectivity index (χ1n) is 7.04. The molecule has 1 aliphatic rings. The maximum Gasteiger partial charge on any atom is 0.248 e. The van der Waals surface area contributed by atoms with Crippen molar-refractivity contribution in [1.82, 2.24) is 5.01 Å². The minimum atomic E-state index is -0.281. The monoisotopic (exact) mass is 274 g/mol. The number of carbonyl (C=O) groups is 1. The standard InChI is InChI=1S/C16H22N2O2/c1-5-11(2)13-15(20-4)14(17-18(3)16(13)19)12-9-7-6-8-10-12/h6-11,13,15H,5H2,1-4H3. The van der Waals surface area contributed by atoms with E-state index in [1.54, 1.807) is 14.2 Å². The lowest BCUT2D eigenvalue weighted by atomic mass is 9.81. The molecule has 0 saturated heterocycles. The highest BCUT2D eigenvalue weighted by molar-refractivity contribution is 6.08. The average molecular weight is 274 g/mol. The van der Waals surface area contributed by atoms with Crippen LogP contribution in [0.2, 0.25) is 0 Å². The molecule has 1 aromatic rings. The number of hydrogen-bond donors (Lipinski definition) is 0. The van der Waals surface area contributed by atoms with Crippen LogP contribution in [0.25, 0.3) is 0 Å². The van der Waals surface area contributed by atoms with E-state index < -0.39 is 0 Å². The molecule has 3 unspecified atom stereocenters. The number of nitrogens with zero attached hydrogens (tertiary/aromatic N) is 2. The van der Waals surface area contributed by atoms with E-state index in [0.29, 0.717) is 0 Å². The van der Waals surface area contributed by atoms with E-state index in [4.69, 9.17) is 4.74 Å². The molecule has 0 fully saturated rings. The summed E-state index contributed by atoms with van der Waals surface area (Å²) < 4.78 is 5.63. The van der Waals surface area contributed by atoms with Gasteiger partial charge in [-0.2, -0.15) is 5.10 Å². The molecule has 0 aliphatic carbocycles. The predicted octanol–water partition coefficient (Wildman–Crippen LogP) is 2.54. The van der Waals surface area contributed by atoms with Crippen molar-refractivity contribution in [3.8, 4) is 0 Å². The van der Waals surface area contributed by atoms with Gasteiger partial charge in [0.15, 0.2) is 0 Å². The maximum absolute atomic E-state index is 12.4. The van der Waals surface area contributed by atoms with Crippen molar-refractivity contribution in [2.75, 3.05) is 14.2 Å². The van der Waals surface area contributed by atoms with Crippen LogP contribution in [0, 0.1) is 11.8 Å². The Bertz CT molecular complexity index is 498. The zero-order chi connectivity index (χ0) is 14.7. The topological polar surface area (TPSA) is 41.9 Å². The van der Waals surface area contributed by atoms with Gasteiger partial charge < -0.3 is 4.74 Å². The van der Waals surface area contributed by atoms with E-state index in [1.807, 2.05) is 30.3 Å². The number of rotatable bonds is 4. The van der Waals surface area contributed by atoms with Crippen molar-refractivity contribution < 1.29 is 9.53 Å². The van der Waals surface area contributed by atoms with Crippen molar-refractivity contribution in [2.24, 2.45) is 16.9 Å².